The number of ether oxygens (including phenoxy) is 2. The van der Waals surface area contributed by atoms with Crippen LogP contribution >= 0.6 is 11.3 Å². The van der Waals surface area contributed by atoms with Crippen molar-refractivity contribution in [3.63, 3.8) is 0 Å². The maximum atomic E-state index is 13.0. The Bertz CT molecular complexity index is 1520. The highest BCUT2D eigenvalue weighted by molar-refractivity contribution is 7.16. The number of rotatable bonds is 7. The van der Waals surface area contributed by atoms with Crippen LogP contribution in [0.3, 0.4) is 0 Å². The van der Waals surface area contributed by atoms with Gasteiger partial charge in [0.25, 0.3) is 5.91 Å². The number of thiazole rings is 1. The summed E-state index contributed by atoms with van der Waals surface area (Å²) in [5.41, 5.74) is 2.25. The van der Waals surface area contributed by atoms with E-state index in [4.69, 9.17) is 9.47 Å². The van der Waals surface area contributed by atoms with E-state index in [2.05, 4.69) is 4.99 Å². The molecule has 182 valence electrons. The molecule has 0 aliphatic rings. The zero-order chi connectivity index (χ0) is 25.7. The summed E-state index contributed by atoms with van der Waals surface area (Å²) in [5, 5.41) is 0. The fraction of sp³-hybridized carbons (Fsp3) is 0.148. The normalized spacial score (nSPS) is 11.3. The van der Waals surface area contributed by atoms with Crippen LogP contribution in [0.25, 0.3) is 10.2 Å². The first kappa shape index (κ1) is 24.7. The number of carbonyl (C=O) groups excluding carboxylic acids is 4. The molecule has 4 rings (SSSR count). The Morgan fingerprint density at radius 1 is 0.861 bits per heavy atom. The minimum absolute atomic E-state index is 0.148. The van der Waals surface area contributed by atoms with Gasteiger partial charge < -0.3 is 14.0 Å². The van der Waals surface area contributed by atoms with Crippen molar-refractivity contribution < 1.29 is 28.7 Å². The molecule has 9 heteroatoms. The summed E-state index contributed by atoms with van der Waals surface area (Å²) in [4.78, 5) is 54.3. The number of methoxy groups -OCH3 is 1. The molecular weight excluding hydrogens is 480 g/mol. The summed E-state index contributed by atoms with van der Waals surface area (Å²) in [6, 6.07) is 20.0. The van der Waals surface area contributed by atoms with Crippen molar-refractivity contribution in [3.8, 4) is 0 Å². The molecule has 0 atom stereocenters. The Hall–Kier alpha value is -4.37. The van der Waals surface area contributed by atoms with Crippen molar-refractivity contribution in [1.82, 2.24) is 4.57 Å². The smallest absolute Gasteiger partial charge is 0.337 e. The lowest BCUT2D eigenvalue weighted by atomic mass is 10.0. The first-order valence-corrected chi connectivity index (χ1v) is 11.9. The Morgan fingerprint density at radius 2 is 1.50 bits per heavy atom. The van der Waals surface area contributed by atoms with Crippen molar-refractivity contribution in [1.29, 1.82) is 0 Å². The lowest BCUT2D eigenvalue weighted by Gasteiger charge is -2.06. The molecule has 0 saturated heterocycles. The molecule has 0 aliphatic heterocycles. The van der Waals surface area contributed by atoms with Crippen LogP contribution in [0.1, 0.15) is 43.6 Å². The van der Waals surface area contributed by atoms with Gasteiger partial charge in [-0.15, -0.1) is 0 Å². The van der Waals surface area contributed by atoms with Gasteiger partial charge in [-0.3, -0.25) is 14.4 Å². The van der Waals surface area contributed by atoms with E-state index < -0.39 is 17.8 Å². The Morgan fingerprint density at radius 3 is 2.17 bits per heavy atom. The van der Waals surface area contributed by atoms with E-state index in [-0.39, 0.29) is 29.3 Å². The zero-order valence-electron chi connectivity index (χ0n) is 19.6. The standard InChI is InChI=1S/C27H22N2O6S/c1-3-35-23(30)16-29-21-14-13-20(26(33)34-2)15-22(21)36-27(29)28-25(32)19-11-9-18(10-12-19)24(31)17-7-5-4-6-8-17/h4-15H,3,16H2,1-2H3. The largest absolute Gasteiger partial charge is 0.465 e. The second-order valence-electron chi connectivity index (χ2n) is 7.64. The third-order valence-electron chi connectivity index (χ3n) is 5.32. The number of amides is 1. The van der Waals surface area contributed by atoms with Crippen molar-refractivity contribution in [2.24, 2.45) is 4.99 Å². The molecule has 0 unspecified atom stereocenters. The lowest BCUT2D eigenvalue weighted by Crippen LogP contribution is -2.23. The third kappa shape index (κ3) is 5.31. The number of fused-ring (bicyclic) bond motifs is 1. The van der Waals surface area contributed by atoms with Gasteiger partial charge >= 0.3 is 11.9 Å². The fourth-order valence-electron chi connectivity index (χ4n) is 3.56. The average molecular weight is 503 g/mol. The van der Waals surface area contributed by atoms with Crippen molar-refractivity contribution in [2.45, 2.75) is 13.5 Å². The van der Waals surface area contributed by atoms with Crippen molar-refractivity contribution in [2.75, 3.05) is 13.7 Å². The molecule has 1 heterocycles. The number of nitrogens with zero attached hydrogens (tertiary/aromatic N) is 2. The predicted molar refractivity (Wildman–Crippen MR) is 134 cm³/mol. The van der Waals surface area contributed by atoms with Gasteiger partial charge in [-0.1, -0.05) is 53.8 Å². The quantitative estimate of drug-likeness (QED) is 0.279. The molecule has 8 nitrogen and oxygen atoms in total. The van der Waals surface area contributed by atoms with Crippen LogP contribution in [-0.4, -0.2) is 41.9 Å². The lowest BCUT2D eigenvalue weighted by molar-refractivity contribution is -0.143. The second-order valence-corrected chi connectivity index (χ2v) is 8.65. The van der Waals surface area contributed by atoms with Crippen LogP contribution in [0, 0.1) is 0 Å². The molecule has 0 bridgehead atoms. The van der Waals surface area contributed by atoms with E-state index in [0.29, 0.717) is 26.9 Å². The highest BCUT2D eigenvalue weighted by Crippen LogP contribution is 2.20. The van der Waals surface area contributed by atoms with E-state index >= 15 is 0 Å². The molecule has 0 radical (unpaired) electrons. The van der Waals surface area contributed by atoms with Gasteiger partial charge in [0.15, 0.2) is 10.6 Å². The molecule has 1 aromatic heterocycles. The topological polar surface area (TPSA) is 104 Å². The molecule has 36 heavy (non-hydrogen) atoms. The van der Waals surface area contributed by atoms with Gasteiger partial charge in [0, 0.05) is 16.7 Å². The number of ketones is 1. The molecule has 0 saturated carbocycles. The predicted octanol–water partition coefficient (Wildman–Crippen LogP) is 4.02. The molecule has 0 N–H and O–H groups in total. The van der Waals surface area contributed by atoms with Crippen molar-refractivity contribution in [3.05, 3.63) is 99.9 Å². The summed E-state index contributed by atoms with van der Waals surface area (Å²) in [6.45, 7) is 1.77. The van der Waals surface area contributed by atoms with E-state index in [1.54, 1.807) is 78.2 Å². The minimum atomic E-state index is -0.536. The zero-order valence-corrected chi connectivity index (χ0v) is 20.4. The molecule has 1 amide bonds. The van der Waals surface area contributed by atoms with Crippen LogP contribution in [0.2, 0.25) is 0 Å². The fourth-order valence-corrected chi connectivity index (χ4v) is 4.63. The van der Waals surface area contributed by atoms with Gasteiger partial charge in [0.05, 0.1) is 29.5 Å². The number of hydrogen-bond donors (Lipinski definition) is 0. The van der Waals surface area contributed by atoms with Gasteiger partial charge in [-0.05, 0) is 37.3 Å². The highest BCUT2D eigenvalue weighted by Gasteiger charge is 2.16. The molecule has 0 aliphatic carbocycles. The van der Waals surface area contributed by atoms with E-state index in [0.717, 1.165) is 11.3 Å². The van der Waals surface area contributed by atoms with Crippen LogP contribution < -0.4 is 4.80 Å². The Labute approximate surface area is 210 Å². The second kappa shape index (κ2) is 10.9. The number of carbonyl (C=O) groups is 4. The van der Waals surface area contributed by atoms with Crippen LogP contribution in [-0.2, 0) is 20.8 Å². The van der Waals surface area contributed by atoms with Gasteiger partial charge in [-0.2, -0.15) is 4.99 Å². The van der Waals surface area contributed by atoms with E-state index in [9.17, 15) is 19.2 Å². The van der Waals surface area contributed by atoms with Gasteiger partial charge in [-0.25, -0.2) is 4.79 Å². The summed E-state index contributed by atoms with van der Waals surface area (Å²) in [7, 11) is 1.29. The molecule has 0 fully saturated rings. The molecule has 3 aromatic carbocycles. The van der Waals surface area contributed by atoms with Gasteiger partial charge in [0.1, 0.15) is 6.54 Å². The van der Waals surface area contributed by atoms with Crippen LogP contribution in [0.15, 0.2) is 77.8 Å². The maximum absolute atomic E-state index is 13.0. The van der Waals surface area contributed by atoms with Crippen molar-refractivity contribution >= 4 is 45.2 Å². The average Bonchev–Trinajstić information content (AvgIpc) is 3.24. The molecule has 4 aromatic rings. The van der Waals surface area contributed by atoms with Crippen LogP contribution in [0.5, 0.6) is 0 Å². The number of benzene rings is 3. The molecular formula is C27H22N2O6S. The summed E-state index contributed by atoms with van der Waals surface area (Å²) >= 11 is 1.16. The highest BCUT2D eigenvalue weighted by atomic mass is 32.1. The van der Waals surface area contributed by atoms with E-state index in [1.807, 2.05) is 6.07 Å². The summed E-state index contributed by atoms with van der Waals surface area (Å²) in [5.74, 6) is -1.66. The minimum Gasteiger partial charge on any atom is -0.465 e. The van der Waals surface area contributed by atoms with Gasteiger partial charge in [0.2, 0.25) is 0 Å². The Balaban J connectivity index is 1.70. The monoisotopic (exact) mass is 502 g/mol. The Kier molecular flexibility index (Phi) is 7.50. The number of aromatic nitrogens is 1. The number of hydrogen-bond acceptors (Lipinski definition) is 7. The first-order valence-electron chi connectivity index (χ1n) is 11.1. The third-order valence-corrected chi connectivity index (χ3v) is 6.36. The van der Waals surface area contributed by atoms with Crippen LogP contribution in [0.4, 0.5) is 0 Å². The molecule has 0 spiro atoms. The van der Waals surface area contributed by atoms with E-state index in [1.165, 1.54) is 7.11 Å². The maximum Gasteiger partial charge on any atom is 0.337 e. The first-order chi connectivity index (χ1) is 17.4. The SMILES string of the molecule is CCOC(=O)Cn1c(=NC(=O)c2ccc(C(=O)c3ccccc3)cc2)sc2cc(C(=O)OC)ccc21. The summed E-state index contributed by atoms with van der Waals surface area (Å²) in [6.07, 6.45) is 0. The summed E-state index contributed by atoms with van der Waals surface area (Å²) < 4.78 is 12.1. The number of esters is 2.